The van der Waals surface area contributed by atoms with E-state index in [1.807, 2.05) is 19.1 Å². The third-order valence-electron chi connectivity index (χ3n) is 3.40. The van der Waals surface area contributed by atoms with Crippen LogP contribution < -0.4 is 0 Å². The number of carbonyl (C=O) groups is 2. The number of aryl methyl sites for hydroxylation is 1. The van der Waals surface area contributed by atoms with E-state index in [4.69, 9.17) is 0 Å². The van der Waals surface area contributed by atoms with Crippen molar-refractivity contribution in [1.29, 1.82) is 0 Å². The summed E-state index contributed by atoms with van der Waals surface area (Å²) in [5.41, 5.74) is 0.636. The molecule has 0 radical (unpaired) electrons. The molecule has 0 unspecified atom stereocenters. The average Bonchev–Trinajstić information content (AvgIpc) is 3.06. The summed E-state index contributed by atoms with van der Waals surface area (Å²) in [6.07, 6.45) is 1.72. The fourth-order valence-electron chi connectivity index (χ4n) is 2.20. The predicted octanol–water partition coefficient (Wildman–Crippen LogP) is 4.20. The molecule has 0 aliphatic carbocycles. The van der Waals surface area contributed by atoms with Gasteiger partial charge in [0.05, 0.1) is 16.4 Å². The van der Waals surface area contributed by atoms with Gasteiger partial charge in [-0.25, -0.2) is 0 Å². The Morgan fingerprint density at radius 1 is 1.17 bits per heavy atom. The number of thioether (sulfide) groups is 1. The zero-order valence-electron chi connectivity index (χ0n) is 12.6. The maximum absolute atomic E-state index is 12.4. The van der Waals surface area contributed by atoms with E-state index in [0.717, 1.165) is 26.4 Å². The standard InChI is InChI=1S/C16H12N2O4S2/c1-10-2-7-13(23-10)8-14-15(19)17(16(20)24-14)9-11-3-5-12(6-4-11)18(21)22/h2-8H,9H2,1H3/b14-8-. The molecule has 0 spiro atoms. The number of non-ortho nitro benzene ring substituents is 1. The van der Waals surface area contributed by atoms with Crippen LogP contribution in [-0.2, 0) is 11.3 Å². The quantitative estimate of drug-likeness (QED) is 0.464. The summed E-state index contributed by atoms with van der Waals surface area (Å²) in [6.45, 7) is 2.08. The number of rotatable bonds is 4. The number of nitro groups is 1. The van der Waals surface area contributed by atoms with Crippen molar-refractivity contribution in [2.24, 2.45) is 0 Å². The number of nitrogens with zero attached hydrogens (tertiary/aromatic N) is 2. The van der Waals surface area contributed by atoms with E-state index in [0.29, 0.717) is 10.5 Å². The highest BCUT2D eigenvalue weighted by atomic mass is 32.2. The summed E-state index contributed by atoms with van der Waals surface area (Å²) >= 11 is 2.46. The van der Waals surface area contributed by atoms with Crippen LogP contribution in [0.5, 0.6) is 0 Å². The second-order valence-electron chi connectivity index (χ2n) is 5.14. The molecule has 24 heavy (non-hydrogen) atoms. The fraction of sp³-hybridized carbons (Fsp3) is 0.125. The van der Waals surface area contributed by atoms with Gasteiger partial charge in [0.25, 0.3) is 16.8 Å². The molecule has 2 aromatic rings. The number of imide groups is 1. The SMILES string of the molecule is Cc1ccc(/C=C2\SC(=O)N(Cc3ccc([N+](=O)[O-])cc3)C2=O)s1. The van der Waals surface area contributed by atoms with Crippen LogP contribution in [0.15, 0.2) is 41.3 Å². The Hall–Kier alpha value is -2.45. The van der Waals surface area contributed by atoms with Gasteiger partial charge in [-0.1, -0.05) is 12.1 Å². The van der Waals surface area contributed by atoms with Crippen LogP contribution in [-0.4, -0.2) is 21.0 Å². The molecule has 0 bridgehead atoms. The first-order chi connectivity index (χ1) is 11.4. The second-order valence-corrected chi connectivity index (χ2v) is 7.45. The molecule has 1 fully saturated rings. The van der Waals surface area contributed by atoms with Crippen molar-refractivity contribution in [2.45, 2.75) is 13.5 Å². The molecule has 1 aliphatic heterocycles. The van der Waals surface area contributed by atoms with Crippen molar-refractivity contribution in [3.8, 4) is 0 Å². The van der Waals surface area contributed by atoms with Crippen molar-refractivity contribution < 1.29 is 14.5 Å². The van der Waals surface area contributed by atoms with E-state index in [1.54, 1.807) is 29.5 Å². The van der Waals surface area contributed by atoms with Crippen molar-refractivity contribution in [2.75, 3.05) is 0 Å². The molecule has 0 N–H and O–H groups in total. The smallest absolute Gasteiger partial charge is 0.268 e. The highest BCUT2D eigenvalue weighted by molar-refractivity contribution is 8.18. The molecular weight excluding hydrogens is 348 g/mol. The molecular formula is C16H12N2O4S2. The maximum atomic E-state index is 12.4. The number of carbonyl (C=O) groups excluding carboxylic acids is 2. The lowest BCUT2D eigenvalue weighted by atomic mass is 10.2. The van der Waals surface area contributed by atoms with Crippen LogP contribution in [0.3, 0.4) is 0 Å². The van der Waals surface area contributed by atoms with Gasteiger partial charge in [0.2, 0.25) is 0 Å². The molecule has 1 aliphatic rings. The Morgan fingerprint density at radius 2 is 1.88 bits per heavy atom. The van der Waals surface area contributed by atoms with Crippen molar-refractivity contribution in [3.63, 3.8) is 0 Å². The summed E-state index contributed by atoms with van der Waals surface area (Å²) in [7, 11) is 0. The van der Waals surface area contributed by atoms with Gasteiger partial charge < -0.3 is 0 Å². The maximum Gasteiger partial charge on any atom is 0.293 e. The Morgan fingerprint density at radius 3 is 2.46 bits per heavy atom. The lowest BCUT2D eigenvalue weighted by Gasteiger charge is -2.12. The molecule has 1 saturated heterocycles. The Balaban J connectivity index is 1.77. The van der Waals surface area contributed by atoms with Crippen molar-refractivity contribution >= 4 is 46.0 Å². The van der Waals surface area contributed by atoms with Crippen LogP contribution in [0, 0.1) is 17.0 Å². The van der Waals surface area contributed by atoms with Gasteiger partial charge in [-0.15, -0.1) is 11.3 Å². The van der Waals surface area contributed by atoms with E-state index in [1.165, 1.54) is 12.1 Å². The first kappa shape index (κ1) is 16.4. The molecule has 1 aromatic carbocycles. The lowest BCUT2D eigenvalue weighted by molar-refractivity contribution is -0.384. The van der Waals surface area contributed by atoms with Crippen LogP contribution in [0.4, 0.5) is 10.5 Å². The molecule has 3 rings (SSSR count). The minimum Gasteiger partial charge on any atom is -0.268 e. The number of benzene rings is 1. The van der Waals surface area contributed by atoms with Crippen molar-refractivity contribution in [1.82, 2.24) is 4.90 Å². The summed E-state index contributed by atoms with van der Waals surface area (Å²) in [6, 6.07) is 9.68. The monoisotopic (exact) mass is 360 g/mol. The number of amides is 2. The molecule has 0 saturated carbocycles. The van der Waals surface area contributed by atoms with E-state index in [2.05, 4.69) is 0 Å². The molecule has 1 aromatic heterocycles. The van der Waals surface area contributed by atoms with Gasteiger partial charge in [0.15, 0.2) is 0 Å². The van der Waals surface area contributed by atoms with E-state index >= 15 is 0 Å². The van der Waals surface area contributed by atoms with Crippen LogP contribution in [0.25, 0.3) is 6.08 Å². The van der Waals surface area contributed by atoms with E-state index < -0.39 is 4.92 Å². The van der Waals surface area contributed by atoms with Gasteiger partial charge in [-0.3, -0.25) is 24.6 Å². The zero-order valence-corrected chi connectivity index (χ0v) is 14.2. The van der Waals surface area contributed by atoms with Gasteiger partial charge in [-0.05, 0) is 42.5 Å². The molecule has 2 amide bonds. The molecule has 6 nitrogen and oxygen atoms in total. The number of hydrogen-bond acceptors (Lipinski definition) is 6. The molecule has 122 valence electrons. The Labute approximate surface area is 145 Å². The fourth-order valence-corrected chi connectivity index (χ4v) is 3.93. The van der Waals surface area contributed by atoms with Crippen LogP contribution >= 0.6 is 23.1 Å². The minimum atomic E-state index is -0.490. The zero-order chi connectivity index (χ0) is 17.3. The third kappa shape index (κ3) is 3.39. The first-order valence-corrected chi connectivity index (χ1v) is 8.62. The topological polar surface area (TPSA) is 80.5 Å². The predicted molar refractivity (Wildman–Crippen MR) is 93.7 cm³/mol. The Kier molecular flexibility index (Phi) is 4.50. The Bertz CT molecular complexity index is 855. The summed E-state index contributed by atoms with van der Waals surface area (Å²) < 4.78 is 0. The lowest BCUT2D eigenvalue weighted by Crippen LogP contribution is -2.27. The normalized spacial score (nSPS) is 16.2. The highest BCUT2D eigenvalue weighted by Gasteiger charge is 2.35. The van der Waals surface area contributed by atoms with Gasteiger partial charge in [0, 0.05) is 21.9 Å². The van der Waals surface area contributed by atoms with E-state index in [9.17, 15) is 19.7 Å². The highest BCUT2D eigenvalue weighted by Crippen LogP contribution is 2.34. The van der Waals surface area contributed by atoms with Gasteiger partial charge in [-0.2, -0.15) is 0 Å². The van der Waals surface area contributed by atoms with Gasteiger partial charge in [0.1, 0.15) is 0 Å². The third-order valence-corrected chi connectivity index (χ3v) is 5.25. The van der Waals surface area contributed by atoms with Crippen molar-refractivity contribution in [3.05, 3.63) is 66.7 Å². The van der Waals surface area contributed by atoms with Crippen LogP contribution in [0.1, 0.15) is 15.3 Å². The molecule has 0 atom stereocenters. The summed E-state index contributed by atoms with van der Waals surface area (Å²) in [5.74, 6) is -0.339. The number of nitro benzene ring substituents is 1. The van der Waals surface area contributed by atoms with E-state index in [-0.39, 0.29) is 23.4 Å². The largest absolute Gasteiger partial charge is 0.293 e. The number of hydrogen-bond donors (Lipinski definition) is 0. The average molecular weight is 360 g/mol. The van der Waals surface area contributed by atoms with Crippen LogP contribution in [0.2, 0.25) is 0 Å². The van der Waals surface area contributed by atoms with Gasteiger partial charge >= 0.3 is 0 Å². The summed E-state index contributed by atoms with van der Waals surface area (Å²) in [5, 5.41) is 10.3. The second kappa shape index (κ2) is 6.58. The molecule has 2 heterocycles. The number of thiophene rings is 1. The molecule has 8 heteroatoms. The minimum absolute atomic E-state index is 0.0270. The first-order valence-electron chi connectivity index (χ1n) is 6.99. The summed E-state index contributed by atoms with van der Waals surface area (Å²) in [4.78, 5) is 38.3.